The smallest absolute Gasteiger partial charge is 0.0955 e. The second kappa shape index (κ2) is 8.25. The van der Waals surface area contributed by atoms with Crippen LogP contribution >= 0.6 is 0 Å². The van der Waals surface area contributed by atoms with E-state index in [-0.39, 0.29) is 0 Å². The third-order valence-corrected chi connectivity index (χ3v) is 4.15. The maximum absolute atomic E-state index is 4.26. The summed E-state index contributed by atoms with van der Waals surface area (Å²) in [5, 5.41) is 6.38. The van der Waals surface area contributed by atoms with Crippen LogP contribution in [0.3, 0.4) is 0 Å². The molecule has 1 aliphatic rings. The molecule has 0 unspecified atom stereocenters. The Morgan fingerprint density at radius 2 is 1.92 bits per heavy atom. The van der Waals surface area contributed by atoms with Crippen molar-refractivity contribution in [1.29, 1.82) is 0 Å². The highest BCUT2D eigenvalue weighted by molar-refractivity contribution is 5.74. The van der Waals surface area contributed by atoms with Crippen LogP contribution in [0.1, 0.15) is 22.4 Å². The van der Waals surface area contributed by atoms with Gasteiger partial charge in [-0.05, 0) is 48.7 Å². The summed E-state index contributed by atoms with van der Waals surface area (Å²) in [4.78, 5) is 8.44. The molecule has 3 heterocycles. The van der Waals surface area contributed by atoms with Gasteiger partial charge in [-0.3, -0.25) is 10.1 Å². The van der Waals surface area contributed by atoms with Gasteiger partial charge in [-0.15, -0.1) is 0 Å². The Bertz CT molecular complexity index is 996. The fourth-order valence-corrected chi connectivity index (χ4v) is 2.70. The van der Waals surface area contributed by atoms with Gasteiger partial charge in [0.2, 0.25) is 0 Å². The van der Waals surface area contributed by atoms with Crippen molar-refractivity contribution in [2.75, 3.05) is 0 Å². The molecule has 0 atom stereocenters. The summed E-state index contributed by atoms with van der Waals surface area (Å²) < 4.78 is 2.01. The SMILES string of the molecule is Cc1ccnc2c1C=CC2.Cc1cn[nH]c1.Cn1cnc2ccccc21. The van der Waals surface area contributed by atoms with E-state index in [0.29, 0.717) is 0 Å². The van der Waals surface area contributed by atoms with Crippen molar-refractivity contribution >= 4 is 17.1 Å². The number of para-hydroxylation sites is 2. The molecule has 0 aliphatic heterocycles. The maximum Gasteiger partial charge on any atom is 0.0955 e. The number of imidazole rings is 1. The Kier molecular flexibility index (Phi) is 5.59. The molecule has 5 nitrogen and oxygen atoms in total. The van der Waals surface area contributed by atoms with Gasteiger partial charge in [0, 0.05) is 25.9 Å². The summed E-state index contributed by atoms with van der Waals surface area (Å²) in [6.07, 6.45) is 12.6. The van der Waals surface area contributed by atoms with Crippen LogP contribution in [0.5, 0.6) is 0 Å². The van der Waals surface area contributed by atoms with Crippen molar-refractivity contribution in [2.24, 2.45) is 7.05 Å². The molecule has 0 radical (unpaired) electrons. The molecule has 0 saturated heterocycles. The molecule has 5 heteroatoms. The molecular formula is C21H23N5. The number of fused-ring (bicyclic) bond motifs is 2. The zero-order valence-electron chi connectivity index (χ0n) is 15.3. The molecule has 26 heavy (non-hydrogen) atoms. The first-order chi connectivity index (χ1) is 12.6. The monoisotopic (exact) mass is 345 g/mol. The van der Waals surface area contributed by atoms with E-state index in [4.69, 9.17) is 0 Å². The van der Waals surface area contributed by atoms with Crippen LogP contribution in [-0.4, -0.2) is 24.7 Å². The molecule has 4 aromatic rings. The van der Waals surface area contributed by atoms with E-state index in [2.05, 4.69) is 51.4 Å². The Labute approximate surface area is 153 Å². The number of hydrogen-bond acceptors (Lipinski definition) is 3. The molecule has 5 rings (SSSR count). The van der Waals surface area contributed by atoms with Crippen LogP contribution in [0.25, 0.3) is 17.1 Å². The largest absolute Gasteiger partial charge is 0.334 e. The summed E-state index contributed by atoms with van der Waals surface area (Å²) in [5.41, 5.74) is 7.30. The molecule has 0 bridgehead atoms. The third-order valence-electron chi connectivity index (χ3n) is 4.15. The minimum Gasteiger partial charge on any atom is -0.334 e. The highest BCUT2D eigenvalue weighted by Gasteiger charge is 2.06. The van der Waals surface area contributed by atoms with Gasteiger partial charge in [0.05, 0.1) is 29.3 Å². The molecule has 1 aromatic carbocycles. The molecule has 0 amide bonds. The Morgan fingerprint density at radius 1 is 1.08 bits per heavy atom. The lowest BCUT2D eigenvalue weighted by Crippen LogP contribution is -1.88. The van der Waals surface area contributed by atoms with E-state index < -0.39 is 0 Å². The van der Waals surface area contributed by atoms with Gasteiger partial charge in [-0.1, -0.05) is 24.3 Å². The number of hydrogen-bond donors (Lipinski definition) is 1. The lowest BCUT2D eigenvalue weighted by Gasteiger charge is -1.98. The predicted molar refractivity (Wildman–Crippen MR) is 106 cm³/mol. The van der Waals surface area contributed by atoms with Crippen molar-refractivity contribution in [1.82, 2.24) is 24.7 Å². The van der Waals surface area contributed by atoms with Gasteiger partial charge in [-0.25, -0.2) is 4.98 Å². The van der Waals surface area contributed by atoms with Crippen molar-refractivity contribution in [3.05, 3.63) is 83.7 Å². The first-order valence-corrected chi connectivity index (χ1v) is 8.57. The van der Waals surface area contributed by atoms with Crippen molar-refractivity contribution in [2.45, 2.75) is 20.3 Å². The zero-order chi connectivity index (χ0) is 18.4. The molecule has 0 saturated carbocycles. The number of aromatic amines is 1. The number of benzene rings is 1. The van der Waals surface area contributed by atoms with Gasteiger partial charge < -0.3 is 4.57 Å². The van der Waals surface area contributed by atoms with Crippen LogP contribution in [0.4, 0.5) is 0 Å². The molecule has 0 spiro atoms. The van der Waals surface area contributed by atoms with Crippen LogP contribution < -0.4 is 0 Å². The zero-order valence-corrected chi connectivity index (χ0v) is 15.3. The normalized spacial score (nSPS) is 11.3. The van der Waals surface area contributed by atoms with E-state index in [1.54, 1.807) is 6.20 Å². The summed E-state index contributed by atoms with van der Waals surface area (Å²) in [7, 11) is 2.00. The van der Waals surface area contributed by atoms with E-state index in [0.717, 1.165) is 11.9 Å². The first kappa shape index (κ1) is 17.6. The molecule has 1 N–H and O–H groups in total. The highest BCUT2D eigenvalue weighted by Crippen LogP contribution is 2.19. The maximum atomic E-state index is 4.26. The minimum atomic E-state index is 1.01. The Morgan fingerprint density at radius 3 is 2.58 bits per heavy atom. The summed E-state index contributed by atoms with van der Waals surface area (Å²) >= 11 is 0. The summed E-state index contributed by atoms with van der Waals surface area (Å²) in [6.45, 7) is 4.11. The van der Waals surface area contributed by atoms with Crippen LogP contribution in [0.15, 0.2) is 61.3 Å². The minimum absolute atomic E-state index is 1.01. The van der Waals surface area contributed by atoms with Crippen molar-refractivity contribution in [3.63, 3.8) is 0 Å². The summed E-state index contributed by atoms with van der Waals surface area (Å²) in [6, 6.07) is 10.1. The quantitative estimate of drug-likeness (QED) is 0.518. The Balaban J connectivity index is 0.000000117. The number of aryl methyl sites for hydroxylation is 3. The number of nitrogens with zero attached hydrogens (tertiary/aromatic N) is 4. The third kappa shape index (κ3) is 4.25. The molecular weight excluding hydrogens is 322 g/mol. The topological polar surface area (TPSA) is 59.4 Å². The highest BCUT2D eigenvalue weighted by atomic mass is 15.1. The summed E-state index contributed by atoms with van der Waals surface area (Å²) in [5.74, 6) is 0. The van der Waals surface area contributed by atoms with Crippen molar-refractivity contribution in [3.8, 4) is 0 Å². The van der Waals surface area contributed by atoms with Crippen LogP contribution in [-0.2, 0) is 13.5 Å². The predicted octanol–water partition coefficient (Wildman–Crippen LogP) is 4.25. The van der Waals surface area contributed by atoms with Gasteiger partial charge in [-0.2, -0.15) is 5.10 Å². The van der Waals surface area contributed by atoms with Crippen LogP contribution in [0.2, 0.25) is 0 Å². The lowest BCUT2D eigenvalue weighted by molar-refractivity contribution is 0.948. The number of pyridine rings is 1. The molecule has 3 aromatic heterocycles. The van der Waals surface area contributed by atoms with Gasteiger partial charge in [0.25, 0.3) is 0 Å². The second-order valence-electron chi connectivity index (χ2n) is 6.21. The molecule has 132 valence electrons. The average molecular weight is 345 g/mol. The lowest BCUT2D eigenvalue weighted by atomic mass is 10.1. The average Bonchev–Trinajstić information content (AvgIpc) is 3.39. The number of H-pyrrole nitrogens is 1. The van der Waals surface area contributed by atoms with E-state index in [1.165, 1.54) is 27.9 Å². The second-order valence-corrected chi connectivity index (χ2v) is 6.21. The standard InChI is InChI=1S/C9H9N.C8H8N2.C4H6N2/c1-7-5-6-10-9-4-2-3-8(7)9;1-10-6-9-7-4-2-3-5-8(7)10;1-4-2-5-6-3-4/h2-3,5-6H,4H2,1H3;2-6H,1H3;2-3H,1H3,(H,5,6). The number of rotatable bonds is 0. The van der Waals surface area contributed by atoms with Gasteiger partial charge >= 0.3 is 0 Å². The van der Waals surface area contributed by atoms with E-state index in [1.807, 2.05) is 55.5 Å². The molecule has 1 aliphatic carbocycles. The number of aromatic nitrogens is 5. The van der Waals surface area contributed by atoms with E-state index in [9.17, 15) is 0 Å². The fraction of sp³-hybridized carbons (Fsp3) is 0.190. The number of nitrogens with one attached hydrogen (secondary N) is 1. The molecule has 0 fully saturated rings. The van der Waals surface area contributed by atoms with Crippen molar-refractivity contribution < 1.29 is 0 Å². The van der Waals surface area contributed by atoms with Gasteiger partial charge in [0.15, 0.2) is 0 Å². The number of allylic oxidation sites excluding steroid dienone is 1. The van der Waals surface area contributed by atoms with Crippen LogP contribution in [0, 0.1) is 13.8 Å². The Hall–Kier alpha value is -3.21. The fourth-order valence-electron chi connectivity index (χ4n) is 2.70. The van der Waals surface area contributed by atoms with E-state index >= 15 is 0 Å². The first-order valence-electron chi connectivity index (χ1n) is 8.57. The van der Waals surface area contributed by atoms with Gasteiger partial charge in [0.1, 0.15) is 0 Å².